The van der Waals surface area contributed by atoms with Crippen molar-refractivity contribution in [2.75, 3.05) is 49.6 Å². The lowest BCUT2D eigenvalue weighted by Crippen LogP contribution is -2.48. The van der Waals surface area contributed by atoms with Crippen molar-refractivity contribution in [3.63, 3.8) is 0 Å². The highest BCUT2D eigenvalue weighted by Gasteiger charge is 2.20. The molecule has 0 bridgehead atoms. The Bertz CT molecular complexity index is 1380. The number of anilines is 2. The number of alkyl halides is 1. The van der Waals surface area contributed by atoms with Crippen molar-refractivity contribution >= 4 is 57.0 Å². The molecule has 10 nitrogen and oxygen atoms in total. The Labute approximate surface area is 246 Å². The molecule has 210 valence electrons. The molecule has 1 aromatic heterocycles. The monoisotopic (exact) mass is 625 g/mol. The normalized spacial score (nSPS) is 14.7. The van der Waals surface area contributed by atoms with E-state index in [9.17, 15) is 14.4 Å². The van der Waals surface area contributed by atoms with E-state index in [1.54, 1.807) is 50.3 Å². The SMILES string of the molecule is CNC(=O)c1ccc(-c2cnc(N3CCN(C(C)=O)CC3)nc2)cc1N.O=C1CSc2c(CBr)cccc2CN1. The van der Waals surface area contributed by atoms with Crippen LogP contribution >= 0.6 is 27.7 Å². The Kier molecular flexibility index (Phi) is 9.99. The molecule has 0 aliphatic carbocycles. The standard InChI is InChI=1S/C18H22N6O2.C10H10BrNOS/c1-12(25)23-5-7-24(8-6-23)18-21-10-14(11-22-18)13-3-4-15(16(19)9-13)17(26)20-2;11-4-7-2-1-3-8-5-12-9(13)6-14-10(7)8/h3-4,9-11H,5-8,19H2,1-2H3,(H,20,26);1-3H,4-6H2,(H,12,13). The molecular formula is C28H32BrN7O3S. The number of piperazine rings is 1. The first-order valence-corrected chi connectivity index (χ1v) is 14.9. The van der Waals surface area contributed by atoms with Gasteiger partial charge in [0.05, 0.1) is 11.3 Å². The minimum Gasteiger partial charge on any atom is -0.398 e. The van der Waals surface area contributed by atoms with E-state index >= 15 is 0 Å². The van der Waals surface area contributed by atoms with Crippen LogP contribution in [0.1, 0.15) is 28.4 Å². The smallest absolute Gasteiger partial charge is 0.253 e. The molecule has 0 unspecified atom stereocenters. The lowest BCUT2D eigenvalue weighted by Gasteiger charge is -2.34. The van der Waals surface area contributed by atoms with Crippen molar-refractivity contribution in [1.29, 1.82) is 0 Å². The molecule has 0 spiro atoms. The van der Waals surface area contributed by atoms with Gasteiger partial charge >= 0.3 is 0 Å². The molecule has 3 heterocycles. The molecule has 2 aliphatic heterocycles. The Morgan fingerprint density at radius 2 is 1.82 bits per heavy atom. The number of carbonyl (C=O) groups excluding carboxylic acids is 3. The van der Waals surface area contributed by atoms with Crippen LogP contribution in [0.4, 0.5) is 11.6 Å². The van der Waals surface area contributed by atoms with Crippen LogP contribution in [-0.2, 0) is 21.5 Å². The molecule has 3 aromatic rings. The van der Waals surface area contributed by atoms with E-state index in [0.717, 1.165) is 16.5 Å². The number of amides is 3. The number of halogens is 1. The summed E-state index contributed by atoms with van der Waals surface area (Å²) in [5.74, 6) is 1.17. The van der Waals surface area contributed by atoms with Gasteiger partial charge in [-0.3, -0.25) is 14.4 Å². The van der Waals surface area contributed by atoms with E-state index < -0.39 is 0 Å². The molecule has 1 saturated heterocycles. The van der Waals surface area contributed by atoms with Gasteiger partial charge in [-0.1, -0.05) is 40.2 Å². The molecule has 3 amide bonds. The van der Waals surface area contributed by atoms with Crippen LogP contribution in [0.25, 0.3) is 11.1 Å². The third-order valence-electron chi connectivity index (χ3n) is 6.65. The van der Waals surface area contributed by atoms with E-state index in [4.69, 9.17) is 5.73 Å². The predicted molar refractivity (Wildman–Crippen MR) is 161 cm³/mol. The summed E-state index contributed by atoms with van der Waals surface area (Å²) in [5, 5.41) is 6.28. The van der Waals surface area contributed by atoms with Crippen molar-refractivity contribution in [1.82, 2.24) is 25.5 Å². The Morgan fingerprint density at radius 3 is 2.45 bits per heavy atom. The first kappa shape index (κ1) is 29.3. The average Bonchev–Trinajstić information content (AvgIpc) is 3.18. The summed E-state index contributed by atoms with van der Waals surface area (Å²) in [4.78, 5) is 48.3. The maximum atomic E-state index is 11.7. The fourth-order valence-electron chi connectivity index (χ4n) is 4.39. The van der Waals surface area contributed by atoms with E-state index in [-0.39, 0.29) is 17.7 Å². The molecular weight excluding hydrogens is 594 g/mol. The van der Waals surface area contributed by atoms with Crippen LogP contribution in [0.15, 0.2) is 53.7 Å². The number of nitrogens with zero attached hydrogens (tertiary/aromatic N) is 4. The lowest BCUT2D eigenvalue weighted by atomic mass is 10.0. The molecule has 12 heteroatoms. The van der Waals surface area contributed by atoms with Gasteiger partial charge in [0.1, 0.15) is 0 Å². The molecule has 2 aliphatic rings. The van der Waals surface area contributed by atoms with Crippen LogP contribution in [0.2, 0.25) is 0 Å². The fraction of sp³-hybridized carbons (Fsp3) is 0.321. The second-order valence-corrected chi connectivity index (χ2v) is 10.8. The van der Waals surface area contributed by atoms with Gasteiger partial charge in [0, 0.05) is 80.6 Å². The van der Waals surface area contributed by atoms with Crippen molar-refractivity contribution in [2.24, 2.45) is 0 Å². The maximum absolute atomic E-state index is 11.7. The molecule has 5 rings (SSSR count). The number of nitrogen functional groups attached to an aromatic ring is 1. The number of carbonyl (C=O) groups is 3. The summed E-state index contributed by atoms with van der Waals surface area (Å²) in [5.41, 5.74) is 11.0. The first-order valence-electron chi connectivity index (χ1n) is 12.8. The molecule has 2 aromatic carbocycles. The zero-order valence-corrected chi connectivity index (χ0v) is 24.8. The van der Waals surface area contributed by atoms with Gasteiger partial charge in [-0.2, -0.15) is 0 Å². The van der Waals surface area contributed by atoms with Crippen molar-refractivity contribution < 1.29 is 14.4 Å². The molecule has 1 fully saturated rings. The molecule has 0 saturated carbocycles. The Hall–Kier alpha value is -3.64. The number of fused-ring (bicyclic) bond motifs is 1. The minimum atomic E-state index is -0.217. The maximum Gasteiger partial charge on any atom is 0.253 e. The first-order chi connectivity index (χ1) is 19.3. The number of aromatic nitrogens is 2. The van der Waals surface area contributed by atoms with Crippen molar-refractivity contribution in [3.05, 3.63) is 65.5 Å². The van der Waals surface area contributed by atoms with Crippen LogP contribution < -0.4 is 21.3 Å². The van der Waals surface area contributed by atoms with Crippen LogP contribution in [0.3, 0.4) is 0 Å². The summed E-state index contributed by atoms with van der Waals surface area (Å²) in [6.07, 6.45) is 3.49. The minimum absolute atomic E-state index is 0.0960. The van der Waals surface area contributed by atoms with Crippen molar-refractivity contribution in [3.8, 4) is 11.1 Å². The highest BCUT2D eigenvalue weighted by atomic mass is 79.9. The summed E-state index contributed by atoms with van der Waals surface area (Å²) in [6, 6.07) is 11.5. The zero-order valence-electron chi connectivity index (χ0n) is 22.4. The van der Waals surface area contributed by atoms with E-state index in [0.29, 0.717) is 55.7 Å². The second kappa shape index (κ2) is 13.6. The Morgan fingerprint density at radius 1 is 1.10 bits per heavy atom. The van der Waals surface area contributed by atoms with Gasteiger partial charge in [-0.25, -0.2) is 9.97 Å². The Balaban J connectivity index is 0.000000222. The number of benzene rings is 2. The molecule has 4 N–H and O–H groups in total. The van der Waals surface area contributed by atoms with E-state index in [1.165, 1.54) is 16.0 Å². The average molecular weight is 627 g/mol. The largest absolute Gasteiger partial charge is 0.398 e. The third-order valence-corrected chi connectivity index (χ3v) is 8.47. The zero-order chi connectivity index (χ0) is 28.6. The topological polar surface area (TPSA) is 134 Å². The summed E-state index contributed by atoms with van der Waals surface area (Å²) >= 11 is 5.09. The van der Waals surface area contributed by atoms with Crippen LogP contribution in [0.5, 0.6) is 0 Å². The molecule has 40 heavy (non-hydrogen) atoms. The molecule has 0 radical (unpaired) electrons. The number of hydrogen-bond acceptors (Lipinski definition) is 8. The highest BCUT2D eigenvalue weighted by molar-refractivity contribution is 9.08. The number of nitrogens with two attached hydrogens (primary N) is 1. The van der Waals surface area contributed by atoms with Gasteiger partial charge < -0.3 is 26.2 Å². The predicted octanol–water partition coefficient (Wildman–Crippen LogP) is 3.06. The summed E-state index contributed by atoms with van der Waals surface area (Å²) in [7, 11) is 1.57. The number of rotatable bonds is 4. The molecule has 0 atom stereocenters. The van der Waals surface area contributed by atoms with E-state index in [2.05, 4.69) is 53.6 Å². The van der Waals surface area contributed by atoms with Gasteiger partial charge in [0.15, 0.2) is 0 Å². The van der Waals surface area contributed by atoms with Crippen molar-refractivity contribution in [2.45, 2.75) is 23.7 Å². The van der Waals surface area contributed by atoms with Gasteiger partial charge in [0.25, 0.3) is 5.91 Å². The van der Waals surface area contributed by atoms with E-state index in [1.807, 2.05) is 17.0 Å². The summed E-state index contributed by atoms with van der Waals surface area (Å²) in [6.45, 7) is 5.03. The number of thioether (sulfide) groups is 1. The summed E-state index contributed by atoms with van der Waals surface area (Å²) < 4.78 is 0. The second-order valence-electron chi connectivity index (χ2n) is 9.25. The number of hydrogen-bond donors (Lipinski definition) is 3. The quantitative estimate of drug-likeness (QED) is 0.298. The van der Waals surface area contributed by atoms with Gasteiger partial charge in [0.2, 0.25) is 17.8 Å². The lowest BCUT2D eigenvalue weighted by molar-refractivity contribution is -0.129. The van der Waals surface area contributed by atoms with Crippen LogP contribution in [0, 0.1) is 0 Å². The van der Waals surface area contributed by atoms with Crippen LogP contribution in [-0.4, -0.2) is 71.6 Å². The fourth-order valence-corrected chi connectivity index (χ4v) is 6.07. The van der Waals surface area contributed by atoms with Gasteiger partial charge in [-0.15, -0.1) is 11.8 Å². The highest BCUT2D eigenvalue weighted by Crippen LogP contribution is 2.30. The number of nitrogens with one attached hydrogen (secondary N) is 2. The third kappa shape index (κ3) is 7.11. The van der Waals surface area contributed by atoms with Gasteiger partial charge in [-0.05, 0) is 28.8 Å².